The second-order valence-corrected chi connectivity index (χ2v) is 6.89. The zero-order valence-corrected chi connectivity index (χ0v) is 14.6. The summed E-state index contributed by atoms with van der Waals surface area (Å²) in [6.07, 6.45) is 7.96. The minimum Gasteiger partial charge on any atom is -0.459 e. The summed E-state index contributed by atoms with van der Waals surface area (Å²) in [7, 11) is 0. The molecular formula is C17H35NO3. The first kappa shape index (κ1) is 20.4. The molecule has 2 N–H and O–H groups in total. The second kappa shape index (κ2) is 11.0. The highest BCUT2D eigenvalue weighted by Gasteiger charge is 2.25. The number of hydrogen-bond acceptors (Lipinski definition) is 4. The molecule has 0 saturated carbocycles. The van der Waals surface area contributed by atoms with E-state index in [1.807, 2.05) is 27.7 Å². The number of carbonyl (C=O) groups is 1. The van der Waals surface area contributed by atoms with Crippen LogP contribution in [0.3, 0.4) is 0 Å². The number of rotatable bonds is 11. The molecule has 0 aliphatic heterocycles. The molecule has 0 rings (SSSR count). The molecule has 0 aliphatic rings. The largest absolute Gasteiger partial charge is 0.459 e. The third kappa shape index (κ3) is 11.7. The molecular weight excluding hydrogens is 266 g/mol. The molecule has 0 aliphatic carbocycles. The van der Waals surface area contributed by atoms with Crippen LogP contribution in [0.1, 0.15) is 79.6 Å². The topological polar surface area (TPSA) is 58.6 Å². The van der Waals surface area contributed by atoms with Crippen LogP contribution in [0.15, 0.2) is 0 Å². The lowest BCUT2D eigenvalue weighted by Gasteiger charge is -2.26. The van der Waals surface area contributed by atoms with Gasteiger partial charge in [-0.25, -0.2) is 0 Å². The lowest BCUT2D eigenvalue weighted by Crippen LogP contribution is -2.46. The van der Waals surface area contributed by atoms with E-state index in [1.54, 1.807) is 0 Å². The highest BCUT2D eigenvalue weighted by atomic mass is 16.6. The van der Waals surface area contributed by atoms with Crippen LogP contribution in [0.4, 0.5) is 0 Å². The number of esters is 1. The number of nitrogens with one attached hydrogen (secondary N) is 1. The second-order valence-electron chi connectivity index (χ2n) is 6.89. The highest BCUT2D eigenvalue weighted by molar-refractivity contribution is 5.76. The summed E-state index contributed by atoms with van der Waals surface area (Å²) in [5.41, 5.74) is -0.472. The predicted molar refractivity (Wildman–Crippen MR) is 87.3 cm³/mol. The summed E-state index contributed by atoms with van der Waals surface area (Å²) < 4.78 is 5.46. The summed E-state index contributed by atoms with van der Waals surface area (Å²) in [5.74, 6) is -0.212. The summed E-state index contributed by atoms with van der Waals surface area (Å²) in [4.78, 5) is 12.2. The van der Waals surface area contributed by atoms with Crippen LogP contribution in [-0.4, -0.2) is 35.4 Å². The zero-order valence-electron chi connectivity index (χ0n) is 14.6. The molecule has 4 nitrogen and oxygen atoms in total. The van der Waals surface area contributed by atoms with E-state index in [2.05, 4.69) is 12.2 Å². The van der Waals surface area contributed by atoms with Gasteiger partial charge in [0.05, 0.1) is 6.61 Å². The van der Waals surface area contributed by atoms with Crippen LogP contribution in [0, 0.1) is 0 Å². The van der Waals surface area contributed by atoms with E-state index in [9.17, 15) is 4.79 Å². The number of aliphatic hydroxyl groups excluding tert-OH is 1. The van der Waals surface area contributed by atoms with Crippen molar-refractivity contribution >= 4 is 5.97 Å². The molecule has 0 fully saturated rings. The summed E-state index contributed by atoms with van der Waals surface area (Å²) in [6.45, 7) is 9.74. The Bertz CT molecular complexity index is 274. The van der Waals surface area contributed by atoms with Gasteiger partial charge in [-0.3, -0.25) is 10.1 Å². The maximum atomic E-state index is 12.2. The van der Waals surface area contributed by atoms with Crippen LogP contribution in [-0.2, 0) is 9.53 Å². The van der Waals surface area contributed by atoms with Gasteiger partial charge < -0.3 is 9.84 Å². The summed E-state index contributed by atoms with van der Waals surface area (Å²) in [5, 5.41) is 12.3. The van der Waals surface area contributed by atoms with Crippen molar-refractivity contribution in [2.45, 2.75) is 97.2 Å². The molecule has 0 aromatic heterocycles. The smallest absolute Gasteiger partial charge is 0.323 e. The Morgan fingerprint density at radius 1 is 1.14 bits per heavy atom. The fourth-order valence-corrected chi connectivity index (χ4v) is 2.17. The molecule has 2 atom stereocenters. The number of unbranched alkanes of at least 4 members (excludes halogenated alkanes) is 5. The van der Waals surface area contributed by atoms with Crippen molar-refractivity contribution in [3.63, 3.8) is 0 Å². The van der Waals surface area contributed by atoms with E-state index in [0.29, 0.717) is 0 Å². The molecule has 0 spiro atoms. The Labute approximate surface area is 130 Å². The number of carbonyl (C=O) groups excluding carboxylic acids is 1. The van der Waals surface area contributed by atoms with Gasteiger partial charge in [-0.1, -0.05) is 45.4 Å². The fourth-order valence-electron chi connectivity index (χ4n) is 2.17. The van der Waals surface area contributed by atoms with Crippen LogP contribution in [0.25, 0.3) is 0 Å². The van der Waals surface area contributed by atoms with E-state index in [0.717, 1.165) is 19.3 Å². The molecule has 1 unspecified atom stereocenters. The van der Waals surface area contributed by atoms with Crippen LogP contribution in [0.5, 0.6) is 0 Å². The molecule has 0 saturated heterocycles. The van der Waals surface area contributed by atoms with Crippen molar-refractivity contribution < 1.29 is 14.6 Å². The average Bonchev–Trinajstić information content (AvgIpc) is 2.39. The first-order chi connectivity index (χ1) is 9.80. The Morgan fingerprint density at radius 3 is 2.24 bits per heavy atom. The van der Waals surface area contributed by atoms with Crippen molar-refractivity contribution in [1.82, 2.24) is 5.32 Å². The Kier molecular flexibility index (Phi) is 10.7. The molecule has 0 heterocycles. The third-order valence-corrected chi connectivity index (χ3v) is 3.30. The maximum Gasteiger partial charge on any atom is 0.323 e. The van der Waals surface area contributed by atoms with Crippen LogP contribution >= 0.6 is 0 Å². The van der Waals surface area contributed by atoms with Crippen LogP contribution < -0.4 is 5.32 Å². The van der Waals surface area contributed by atoms with Crippen molar-refractivity contribution in [1.29, 1.82) is 0 Å². The predicted octanol–water partition coefficient (Wildman–Crippen LogP) is 3.42. The molecule has 126 valence electrons. The van der Waals surface area contributed by atoms with Crippen molar-refractivity contribution in [3.8, 4) is 0 Å². The first-order valence-electron chi connectivity index (χ1n) is 8.40. The van der Waals surface area contributed by atoms with Gasteiger partial charge in [0.25, 0.3) is 0 Å². The lowest BCUT2D eigenvalue weighted by molar-refractivity contribution is -0.158. The first-order valence-corrected chi connectivity index (χ1v) is 8.40. The minimum absolute atomic E-state index is 0.0236. The van der Waals surface area contributed by atoms with Crippen molar-refractivity contribution in [3.05, 3.63) is 0 Å². The molecule has 4 heteroatoms. The third-order valence-electron chi connectivity index (χ3n) is 3.30. The summed E-state index contributed by atoms with van der Waals surface area (Å²) >= 11 is 0. The maximum absolute atomic E-state index is 12.2. The van der Waals surface area contributed by atoms with Crippen LogP contribution in [0.2, 0.25) is 0 Å². The lowest BCUT2D eigenvalue weighted by atomic mass is 10.0. The Morgan fingerprint density at radius 2 is 1.71 bits per heavy atom. The van der Waals surface area contributed by atoms with Gasteiger partial charge in [0.2, 0.25) is 0 Å². The summed E-state index contributed by atoms with van der Waals surface area (Å²) in [6, 6.07) is -0.417. The van der Waals surface area contributed by atoms with Gasteiger partial charge in [-0.15, -0.1) is 0 Å². The standard InChI is InChI=1S/C17H35NO3/c1-6-7-8-9-10-11-12-15(18-14(2)13-19)16(20)21-17(3,4)5/h14-15,18-19H,6-13H2,1-5H3/t14?,15-/m1/s1. The van der Waals surface area contributed by atoms with Gasteiger partial charge >= 0.3 is 5.97 Å². The SMILES string of the molecule is CCCCCCCC[C@@H](NC(C)CO)C(=O)OC(C)(C)C. The van der Waals surface area contributed by atoms with E-state index in [1.165, 1.54) is 25.7 Å². The normalized spacial score (nSPS) is 14.8. The molecule has 0 amide bonds. The number of ether oxygens (including phenoxy) is 1. The average molecular weight is 301 g/mol. The van der Waals surface area contributed by atoms with Gasteiger partial charge in [-0.05, 0) is 34.1 Å². The molecule has 0 radical (unpaired) electrons. The molecule has 0 aromatic carbocycles. The highest BCUT2D eigenvalue weighted by Crippen LogP contribution is 2.13. The number of hydrogen-bond donors (Lipinski definition) is 2. The zero-order chi connectivity index (χ0) is 16.3. The molecule has 0 aromatic rings. The Hall–Kier alpha value is -0.610. The molecule has 21 heavy (non-hydrogen) atoms. The minimum atomic E-state index is -0.472. The van der Waals surface area contributed by atoms with E-state index in [-0.39, 0.29) is 24.7 Å². The van der Waals surface area contributed by atoms with Crippen molar-refractivity contribution in [2.75, 3.05) is 6.61 Å². The van der Waals surface area contributed by atoms with E-state index < -0.39 is 5.60 Å². The Balaban J connectivity index is 4.23. The van der Waals surface area contributed by atoms with Gasteiger partial charge in [0.15, 0.2) is 0 Å². The molecule has 0 bridgehead atoms. The van der Waals surface area contributed by atoms with Gasteiger partial charge in [0.1, 0.15) is 11.6 Å². The van der Waals surface area contributed by atoms with Crippen molar-refractivity contribution in [2.24, 2.45) is 0 Å². The van der Waals surface area contributed by atoms with E-state index >= 15 is 0 Å². The van der Waals surface area contributed by atoms with Gasteiger partial charge in [-0.2, -0.15) is 0 Å². The quantitative estimate of drug-likeness (QED) is 0.453. The monoisotopic (exact) mass is 301 g/mol. The van der Waals surface area contributed by atoms with E-state index in [4.69, 9.17) is 9.84 Å². The number of aliphatic hydroxyl groups is 1. The fraction of sp³-hybridized carbons (Fsp3) is 0.941. The van der Waals surface area contributed by atoms with Gasteiger partial charge in [0, 0.05) is 6.04 Å².